The number of thioether (sulfide) groups is 1. The van der Waals surface area contributed by atoms with Crippen molar-refractivity contribution in [3.63, 3.8) is 0 Å². The fourth-order valence-electron chi connectivity index (χ4n) is 2.94. The molecule has 1 amide bonds. The van der Waals surface area contributed by atoms with Crippen molar-refractivity contribution in [2.75, 3.05) is 26.0 Å². The van der Waals surface area contributed by atoms with Crippen LogP contribution in [0, 0.1) is 5.82 Å². The predicted molar refractivity (Wildman–Crippen MR) is 100 cm³/mol. The number of methoxy groups -OCH3 is 1. The molecule has 1 atom stereocenters. The van der Waals surface area contributed by atoms with Crippen LogP contribution in [0.25, 0.3) is 0 Å². The molecule has 0 spiro atoms. The molecule has 1 saturated heterocycles. The Kier molecular flexibility index (Phi) is 5.86. The molecule has 0 aromatic heterocycles. The second-order valence-corrected chi connectivity index (χ2v) is 7.53. The molecule has 0 radical (unpaired) electrons. The molecule has 0 N–H and O–H groups in total. The fraction of sp³-hybridized carbons (Fsp3) is 0.316. The molecule has 0 saturated carbocycles. The third kappa shape index (κ3) is 4.10. The highest BCUT2D eigenvalue weighted by atomic mass is 35.5. The van der Waals surface area contributed by atoms with E-state index in [2.05, 4.69) is 0 Å². The van der Waals surface area contributed by atoms with E-state index in [1.807, 2.05) is 24.3 Å². The van der Waals surface area contributed by atoms with E-state index in [1.54, 1.807) is 22.7 Å². The van der Waals surface area contributed by atoms with E-state index in [9.17, 15) is 9.18 Å². The van der Waals surface area contributed by atoms with Gasteiger partial charge in [-0.15, -0.1) is 0 Å². The molecule has 1 fully saturated rings. The molecule has 3 rings (SSSR count). The number of hydrogen-bond donors (Lipinski definition) is 0. The molecule has 1 heterocycles. The SMILES string of the molecule is COc1ccc(C(=O)N2CCS[C@H](c3ccccc3Cl)CC2)cc1F. The molecule has 132 valence electrons. The minimum absolute atomic E-state index is 0.141. The Balaban J connectivity index is 1.71. The van der Waals surface area contributed by atoms with E-state index in [-0.39, 0.29) is 16.9 Å². The zero-order chi connectivity index (χ0) is 17.8. The quantitative estimate of drug-likeness (QED) is 0.766. The summed E-state index contributed by atoms with van der Waals surface area (Å²) in [5.41, 5.74) is 1.46. The molecule has 25 heavy (non-hydrogen) atoms. The Hall–Kier alpha value is -1.72. The maximum Gasteiger partial charge on any atom is 0.253 e. The summed E-state index contributed by atoms with van der Waals surface area (Å²) in [6, 6.07) is 12.2. The van der Waals surface area contributed by atoms with Gasteiger partial charge in [0.15, 0.2) is 11.6 Å². The summed E-state index contributed by atoms with van der Waals surface area (Å²) in [6.45, 7) is 1.26. The molecule has 3 nitrogen and oxygen atoms in total. The average molecular weight is 380 g/mol. The van der Waals surface area contributed by atoms with Crippen LogP contribution in [-0.4, -0.2) is 36.8 Å². The molecule has 0 aliphatic carbocycles. The monoisotopic (exact) mass is 379 g/mol. The van der Waals surface area contributed by atoms with Crippen LogP contribution < -0.4 is 4.74 Å². The van der Waals surface area contributed by atoms with E-state index in [4.69, 9.17) is 16.3 Å². The zero-order valence-electron chi connectivity index (χ0n) is 13.9. The highest BCUT2D eigenvalue weighted by molar-refractivity contribution is 7.99. The first-order valence-corrected chi connectivity index (χ1v) is 9.51. The Morgan fingerprint density at radius 3 is 2.80 bits per heavy atom. The third-order valence-corrected chi connectivity index (χ3v) is 5.93. The number of carbonyl (C=O) groups excluding carboxylic acids is 1. The molecule has 1 aliphatic rings. The number of halogens is 2. The minimum Gasteiger partial charge on any atom is -0.494 e. The summed E-state index contributed by atoms with van der Waals surface area (Å²) in [6.07, 6.45) is 0.818. The van der Waals surface area contributed by atoms with Gasteiger partial charge in [-0.25, -0.2) is 4.39 Å². The van der Waals surface area contributed by atoms with Gasteiger partial charge in [0.1, 0.15) is 0 Å². The van der Waals surface area contributed by atoms with E-state index in [0.29, 0.717) is 18.7 Å². The Labute approximate surface area is 156 Å². The standard InChI is InChI=1S/C19H19ClFNO2S/c1-24-17-7-6-13(12-16(17)21)19(23)22-9-8-18(25-11-10-22)14-4-2-3-5-15(14)20/h2-7,12,18H,8-11H2,1H3/t18-/m0/s1. The first kappa shape index (κ1) is 18.1. The van der Waals surface area contributed by atoms with Gasteiger partial charge in [-0.3, -0.25) is 4.79 Å². The smallest absolute Gasteiger partial charge is 0.253 e. The van der Waals surface area contributed by atoms with Crippen molar-refractivity contribution in [3.05, 3.63) is 64.4 Å². The van der Waals surface area contributed by atoms with Crippen LogP contribution in [-0.2, 0) is 0 Å². The normalized spacial score (nSPS) is 17.9. The van der Waals surface area contributed by atoms with Gasteiger partial charge in [-0.05, 0) is 36.2 Å². The first-order chi connectivity index (χ1) is 12.1. The summed E-state index contributed by atoms with van der Waals surface area (Å²) in [5.74, 6) is 0.287. The number of rotatable bonds is 3. The Morgan fingerprint density at radius 1 is 1.28 bits per heavy atom. The zero-order valence-corrected chi connectivity index (χ0v) is 15.4. The van der Waals surface area contributed by atoms with Crippen LogP contribution in [0.4, 0.5) is 4.39 Å². The van der Waals surface area contributed by atoms with Crippen LogP contribution in [0.3, 0.4) is 0 Å². The molecule has 6 heteroatoms. The molecular weight excluding hydrogens is 361 g/mol. The summed E-state index contributed by atoms with van der Waals surface area (Å²) in [5, 5.41) is 1.02. The third-order valence-electron chi connectivity index (χ3n) is 4.28. The van der Waals surface area contributed by atoms with Crippen LogP contribution in [0.5, 0.6) is 5.75 Å². The first-order valence-electron chi connectivity index (χ1n) is 8.09. The average Bonchev–Trinajstić information content (AvgIpc) is 2.87. The van der Waals surface area contributed by atoms with Crippen molar-refractivity contribution in [1.29, 1.82) is 0 Å². The topological polar surface area (TPSA) is 29.5 Å². The number of amides is 1. The van der Waals surface area contributed by atoms with E-state index in [1.165, 1.54) is 19.2 Å². The minimum atomic E-state index is -0.522. The van der Waals surface area contributed by atoms with Gasteiger partial charge in [0, 0.05) is 34.7 Å². The van der Waals surface area contributed by atoms with Gasteiger partial charge in [0.2, 0.25) is 0 Å². The van der Waals surface area contributed by atoms with Crippen molar-refractivity contribution in [3.8, 4) is 5.75 Å². The highest BCUT2D eigenvalue weighted by Gasteiger charge is 2.24. The van der Waals surface area contributed by atoms with Gasteiger partial charge in [-0.2, -0.15) is 11.8 Å². The van der Waals surface area contributed by atoms with Crippen molar-refractivity contribution in [2.24, 2.45) is 0 Å². The summed E-state index contributed by atoms with van der Waals surface area (Å²) in [7, 11) is 1.40. The van der Waals surface area contributed by atoms with E-state index in [0.717, 1.165) is 22.8 Å². The van der Waals surface area contributed by atoms with Gasteiger partial charge in [0.25, 0.3) is 5.91 Å². The van der Waals surface area contributed by atoms with Gasteiger partial charge >= 0.3 is 0 Å². The second-order valence-electron chi connectivity index (χ2n) is 5.81. The molecule has 0 unspecified atom stereocenters. The lowest BCUT2D eigenvalue weighted by Gasteiger charge is -2.21. The Bertz CT molecular complexity index is 771. The van der Waals surface area contributed by atoms with Crippen LogP contribution in [0.15, 0.2) is 42.5 Å². The van der Waals surface area contributed by atoms with Crippen molar-refractivity contribution < 1.29 is 13.9 Å². The number of carbonyl (C=O) groups is 1. The van der Waals surface area contributed by atoms with Gasteiger partial charge < -0.3 is 9.64 Å². The largest absolute Gasteiger partial charge is 0.494 e. The number of nitrogens with zero attached hydrogens (tertiary/aromatic N) is 1. The number of hydrogen-bond acceptors (Lipinski definition) is 3. The van der Waals surface area contributed by atoms with Gasteiger partial charge in [0.05, 0.1) is 7.11 Å². The maximum absolute atomic E-state index is 13.9. The molecule has 2 aromatic rings. The van der Waals surface area contributed by atoms with Crippen LogP contribution >= 0.6 is 23.4 Å². The highest BCUT2D eigenvalue weighted by Crippen LogP contribution is 2.38. The fourth-order valence-corrected chi connectivity index (χ4v) is 4.54. The number of ether oxygens (including phenoxy) is 1. The molecule has 0 bridgehead atoms. The summed E-state index contributed by atoms with van der Waals surface area (Å²) >= 11 is 8.11. The lowest BCUT2D eigenvalue weighted by atomic mass is 10.1. The van der Waals surface area contributed by atoms with E-state index < -0.39 is 5.82 Å². The number of benzene rings is 2. The van der Waals surface area contributed by atoms with Gasteiger partial charge in [-0.1, -0.05) is 29.8 Å². The van der Waals surface area contributed by atoms with Crippen molar-refractivity contribution in [2.45, 2.75) is 11.7 Å². The maximum atomic E-state index is 13.9. The lowest BCUT2D eigenvalue weighted by Crippen LogP contribution is -2.33. The molecule has 1 aliphatic heterocycles. The van der Waals surface area contributed by atoms with Crippen molar-refractivity contribution in [1.82, 2.24) is 4.90 Å². The summed E-state index contributed by atoms with van der Waals surface area (Å²) in [4.78, 5) is 14.5. The predicted octanol–water partition coefficient (Wildman–Crippen LogP) is 4.81. The van der Waals surface area contributed by atoms with E-state index >= 15 is 0 Å². The van der Waals surface area contributed by atoms with Crippen molar-refractivity contribution >= 4 is 29.3 Å². The summed E-state index contributed by atoms with van der Waals surface area (Å²) < 4.78 is 18.8. The van der Waals surface area contributed by atoms with Crippen LogP contribution in [0.1, 0.15) is 27.6 Å². The molecule has 2 aromatic carbocycles. The Morgan fingerprint density at radius 2 is 2.08 bits per heavy atom. The lowest BCUT2D eigenvalue weighted by molar-refractivity contribution is 0.0766. The molecular formula is C19H19ClFNO2S. The second kappa shape index (κ2) is 8.11. The van der Waals surface area contributed by atoms with Crippen LogP contribution in [0.2, 0.25) is 5.02 Å².